The highest BCUT2D eigenvalue weighted by Gasteiger charge is 2.32. The third-order valence-electron chi connectivity index (χ3n) is 2.93. The largest absolute Gasteiger partial charge is 0.444 e. The van der Waals surface area contributed by atoms with Crippen LogP contribution in [-0.2, 0) is 10.2 Å². The molecular formula is C14H21F2N3O2. The molecule has 0 radical (unpaired) electrons. The van der Waals surface area contributed by atoms with E-state index < -0.39 is 28.7 Å². The molecule has 1 rings (SSSR count). The molecule has 0 bridgehead atoms. The van der Waals surface area contributed by atoms with Crippen LogP contribution in [0.1, 0.15) is 33.3 Å². The Balaban J connectivity index is 2.89. The molecule has 1 aromatic rings. The molecule has 0 aliphatic rings. The van der Waals surface area contributed by atoms with Gasteiger partial charge in [-0.1, -0.05) is 6.92 Å². The van der Waals surface area contributed by atoms with Crippen molar-refractivity contribution in [1.82, 2.24) is 10.3 Å². The van der Waals surface area contributed by atoms with E-state index in [4.69, 9.17) is 10.5 Å². The Morgan fingerprint density at radius 1 is 1.29 bits per heavy atom. The molecule has 1 unspecified atom stereocenters. The number of amides is 1. The molecule has 0 saturated heterocycles. The summed E-state index contributed by atoms with van der Waals surface area (Å²) in [6.07, 6.45) is 1.16. The molecule has 118 valence electrons. The number of alkyl carbamates (subject to hydrolysis) is 1. The summed E-state index contributed by atoms with van der Waals surface area (Å²) in [6, 6.07) is 0. The van der Waals surface area contributed by atoms with Crippen LogP contribution in [0, 0.1) is 11.6 Å². The zero-order valence-electron chi connectivity index (χ0n) is 12.7. The average Bonchev–Trinajstić information content (AvgIpc) is 2.34. The van der Waals surface area contributed by atoms with Crippen molar-refractivity contribution in [3.8, 4) is 0 Å². The summed E-state index contributed by atoms with van der Waals surface area (Å²) in [5.74, 6) is -1.59. The third kappa shape index (κ3) is 4.63. The molecule has 1 heterocycles. The smallest absolute Gasteiger partial charge is 0.407 e. The van der Waals surface area contributed by atoms with Crippen molar-refractivity contribution in [2.24, 2.45) is 5.73 Å². The third-order valence-corrected chi connectivity index (χ3v) is 2.93. The van der Waals surface area contributed by atoms with Gasteiger partial charge in [0.25, 0.3) is 0 Å². The lowest BCUT2D eigenvalue weighted by Gasteiger charge is -2.30. The molecular weight excluding hydrogens is 280 g/mol. The van der Waals surface area contributed by atoms with Crippen molar-refractivity contribution >= 4 is 6.09 Å². The van der Waals surface area contributed by atoms with Gasteiger partial charge in [0.05, 0.1) is 12.4 Å². The topological polar surface area (TPSA) is 77.2 Å². The minimum absolute atomic E-state index is 0.0549. The molecule has 5 nitrogen and oxygen atoms in total. The minimum atomic E-state index is -1.10. The Kier molecular flexibility index (Phi) is 5.22. The van der Waals surface area contributed by atoms with Crippen LogP contribution < -0.4 is 11.1 Å². The number of aromatic nitrogens is 1. The molecule has 0 fully saturated rings. The van der Waals surface area contributed by atoms with Crippen LogP contribution in [0.2, 0.25) is 0 Å². The van der Waals surface area contributed by atoms with Crippen LogP contribution in [0.25, 0.3) is 0 Å². The highest BCUT2D eigenvalue weighted by Crippen LogP contribution is 2.27. The normalized spacial score (nSPS) is 14.4. The van der Waals surface area contributed by atoms with Crippen LogP contribution in [0.4, 0.5) is 13.6 Å². The van der Waals surface area contributed by atoms with Gasteiger partial charge in [0.2, 0.25) is 0 Å². The van der Waals surface area contributed by atoms with E-state index in [9.17, 15) is 13.6 Å². The Morgan fingerprint density at radius 2 is 1.81 bits per heavy atom. The summed E-state index contributed by atoms with van der Waals surface area (Å²) in [5, 5.41) is 2.49. The van der Waals surface area contributed by atoms with Crippen molar-refractivity contribution in [3.05, 3.63) is 29.6 Å². The van der Waals surface area contributed by atoms with Gasteiger partial charge < -0.3 is 15.8 Å². The number of ether oxygens (including phenoxy) is 1. The first-order valence-corrected chi connectivity index (χ1v) is 6.55. The maximum Gasteiger partial charge on any atom is 0.407 e. The first kappa shape index (κ1) is 17.3. The first-order chi connectivity index (χ1) is 9.59. The minimum Gasteiger partial charge on any atom is -0.444 e. The van der Waals surface area contributed by atoms with Crippen LogP contribution in [0.5, 0.6) is 0 Å². The fourth-order valence-electron chi connectivity index (χ4n) is 1.83. The number of nitrogens with one attached hydrogen (secondary N) is 1. The Bertz CT molecular complexity index is 497. The lowest BCUT2D eigenvalue weighted by Crippen LogP contribution is -2.46. The van der Waals surface area contributed by atoms with E-state index in [0.717, 1.165) is 12.4 Å². The van der Waals surface area contributed by atoms with E-state index in [-0.39, 0.29) is 18.7 Å². The molecule has 0 saturated carbocycles. The van der Waals surface area contributed by atoms with Gasteiger partial charge in [-0.3, -0.25) is 4.98 Å². The second-order valence-corrected chi connectivity index (χ2v) is 6.10. The SMILES string of the molecule is CC(C)(C)OC(=O)NCC(C)(CN)c1c(F)cncc1F. The summed E-state index contributed by atoms with van der Waals surface area (Å²) in [7, 11) is 0. The maximum atomic E-state index is 13.8. The number of hydrogen-bond acceptors (Lipinski definition) is 4. The predicted octanol–water partition coefficient (Wildman–Crippen LogP) is 2.10. The number of halogens is 2. The van der Waals surface area contributed by atoms with E-state index in [2.05, 4.69) is 10.3 Å². The molecule has 1 amide bonds. The van der Waals surface area contributed by atoms with Crippen molar-refractivity contribution in [2.75, 3.05) is 13.1 Å². The molecule has 3 N–H and O–H groups in total. The molecule has 0 aliphatic heterocycles. The lowest BCUT2D eigenvalue weighted by molar-refractivity contribution is 0.0515. The van der Waals surface area contributed by atoms with E-state index in [1.54, 1.807) is 27.7 Å². The summed E-state index contributed by atoms with van der Waals surface area (Å²) in [5.41, 5.74) is 3.69. The molecule has 1 atom stereocenters. The highest BCUT2D eigenvalue weighted by molar-refractivity contribution is 5.67. The van der Waals surface area contributed by atoms with Gasteiger partial charge in [0.15, 0.2) is 0 Å². The zero-order valence-corrected chi connectivity index (χ0v) is 12.7. The maximum absolute atomic E-state index is 13.8. The molecule has 0 spiro atoms. The summed E-state index contributed by atoms with van der Waals surface area (Å²) in [6.45, 7) is 6.60. The van der Waals surface area contributed by atoms with Gasteiger partial charge in [-0.2, -0.15) is 0 Å². The number of nitrogens with zero attached hydrogens (tertiary/aromatic N) is 1. The van der Waals surface area contributed by atoms with Gasteiger partial charge in [-0.25, -0.2) is 13.6 Å². The Hall–Kier alpha value is -1.76. The van der Waals surface area contributed by atoms with Gasteiger partial charge in [0, 0.05) is 24.1 Å². The average molecular weight is 301 g/mol. The molecule has 1 aromatic heterocycles. The standard InChI is InChI=1S/C14H21F2N3O2/c1-13(2,3)21-12(20)19-8-14(4,7-17)11-9(15)5-18-6-10(11)16/h5-6H,7-8,17H2,1-4H3,(H,19,20). The zero-order chi connectivity index (χ0) is 16.3. The van der Waals surface area contributed by atoms with Crippen molar-refractivity contribution in [2.45, 2.75) is 38.7 Å². The number of carbonyl (C=O) groups is 1. The molecule has 7 heteroatoms. The van der Waals surface area contributed by atoms with Gasteiger partial charge >= 0.3 is 6.09 Å². The van der Waals surface area contributed by atoms with Gasteiger partial charge in [0.1, 0.15) is 17.2 Å². The first-order valence-electron chi connectivity index (χ1n) is 6.55. The van der Waals surface area contributed by atoms with E-state index in [1.807, 2.05) is 0 Å². The second-order valence-electron chi connectivity index (χ2n) is 6.10. The summed E-state index contributed by atoms with van der Waals surface area (Å²) >= 11 is 0. The van der Waals surface area contributed by atoms with Crippen molar-refractivity contribution in [1.29, 1.82) is 0 Å². The number of rotatable bonds is 4. The number of hydrogen-bond donors (Lipinski definition) is 2. The molecule has 0 aliphatic carbocycles. The lowest BCUT2D eigenvalue weighted by atomic mass is 9.82. The molecule has 0 aromatic carbocycles. The van der Waals surface area contributed by atoms with Gasteiger partial charge in [-0.15, -0.1) is 0 Å². The Morgan fingerprint density at radius 3 is 2.24 bits per heavy atom. The van der Waals surface area contributed by atoms with E-state index in [1.165, 1.54) is 0 Å². The van der Waals surface area contributed by atoms with Gasteiger partial charge in [-0.05, 0) is 20.8 Å². The predicted molar refractivity (Wildman–Crippen MR) is 74.8 cm³/mol. The van der Waals surface area contributed by atoms with E-state index >= 15 is 0 Å². The van der Waals surface area contributed by atoms with Crippen molar-refractivity contribution in [3.63, 3.8) is 0 Å². The molecule has 21 heavy (non-hydrogen) atoms. The summed E-state index contributed by atoms with van der Waals surface area (Å²) in [4.78, 5) is 15.1. The summed E-state index contributed by atoms with van der Waals surface area (Å²) < 4.78 is 32.7. The second kappa shape index (κ2) is 6.34. The van der Waals surface area contributed by atoms with Crippen LogP contribution in [0.3, 0.4) is 0 Å². The monoisotopic (exact) mass is 301 g/mol. The van der Waals surface area contributed by atoms with Crippen LogP contribution in [0.15, 0.2) is 12.4 Å². The Labute approximate surface area is 122 Å². The van der Waals surface area contributed by atoms with Crippen molar-refractivity contribution < 1.29 is 18.3 Å². The van der Waals surface area contributed by atoms with E-state index in [0.29, 0.717) is 0 Å². The fraction of sp³-hybridized carbons (Fsp3) is 0.571. The fourth-order valence-corrected chi connectivity index (χ4v) is 1.83. The number of nitrogens with two attached hydrogens (primary N) is 1. The quantitative estimate of drug-likeness (QED) is 0.893. The number of pyridine rings is 1. The highest BCUT2D eigenvalue weighted by atomic mass is 19.1. The van der Waals surface area contributed by atoms with Crippen LogP contribution >= 0.6 is 0 Å². The van der Waals surface area contributed by atoms with Crippen LogP contribution in [-0.4, -0.2) is 29.8 Å². The number of carbonyl (C=O) groups excluding carboxylic acids is 1.